The van der Waals surface area contributed by atoms with Gasteiger partial charge in [-0.15, -0.1) is 0 Å². The number of hydrogen-bond donors (Lipinski definition) is 1. The molecular weight excluding hydrogens is 366 g/mol. The molecule has 1 atom stereocenters. The molecule has 1 N–H and O–H groups in total. The van der Waals surface area contributed by atoms with E-state index in [1.54, 1.807) is 0 Å². The number of para-hydroxylation sites is 2. The molecule has 2 aliphatic rings. The second-order valence-electron chi connectivity index (χ2n) is 8.80. The van der Waals surface area contributed by atoms with E-state index in [1.807, 2.05) is 0 Å². The van der Waals surface area contributed by atoms with Crippen LogP contribution >= 0.6 is 0 Å². The molecule has 0 amide bonds. The third-order valence-electron chi connectivity index (χ3n) is 6.70. The summed E-state index contributed by atoms with van der Waals surface area (Å²) in [5.74, 6) is 0.413. The summed E-state index contributed by atoms with van der Waals surface area (Å²) in [7, 11) is 0. The minimum atomic E-state index is 0.0188. The molecule has 0 bridgehead atoms. The molecule has 0 aliphatic heterocycles. The van der Waals surface area contributed by atoms with Crippen LogP contribution in [0.1, 0.15) is 37.0 Å². The van der Waals surface area contributed by atoms with Gasteiger partial charge in [-0.05, 0) is 70.4 Å². The van der Waals surface area contributed by atoms with Crippen LogP contribution in [0, 0.1) is 5.92 Å². The van der Waals surface area contributed by atoms with E-state index in [0.717, 1.165) is 12.0 Å². The van der Waals surface area contributed by atoms with Crippen LogP contribution in [0.4, 0.5) is 11.4 Å². The van der Waals surface area contributed by atoms with E-state index < -0.39 is 0 Å². The first kappa shape index (κ1) is 18.9. The predicted molar refractivity (Wildman–Crippen MR) is 125 cm³/mol. The number of aliphatic hydroxyl groups is 1. The van der Waals surface area contributed by atoms with Crippen LogP contribution in [-0.2, 0) is 12.0 Å². The first-order chi connectivity index (χ1) is 14.6. The van der Waals surface area contributed by atoms with E-state index in [9.17, 15) is 5.11 Å². The molecule has 3 aromatic rings. The number of nitrogens with zero attached hydrogens (tertiary/aromatic N) is 1. The summed E-state index contributed by atoms with van der Waals surface area (Å²) in [6.45, 7) is 4.78. The number of hydrogen-bond acceptors (Lipinski definition) is 2. The second-order valence-corrected chi connectivity index (χ2v) is 8.80. The summed E-state index contributed by atoms with van der Waals surface area (Å²) in [4.78, 5) is 2.38. The maximum Gasteiger partial charge on any atom is 0.0681 e. The lowest BCUT2D eigenvalue weighted by atomic mass is 9.73. The lowest BCUT2D eigenvalue weighted by molar-refractivity contribution is 0.281. The molecule has 3 aromatic carbocycles. The smallest absolute Gasteiger partial charge is 0.0681 e. The maximum absolute atomic E-state index is 9.63. The van der Waals surface area contributed by atoms with Gasteiger partial charge in [0, 0.05) is 17.1 Å². The molecule has 0 saturated carbocycles. The minimum absolute atomic E-state index is 0.0188. The molecular formula is C28H27NO. The zero-order chi connectivity index (χ0) is 20.7. The Morgan fingerprint density at radius 1 is 0.867 bits per heavy atom. The Bertz CT molecular complexity index is 1090. The van der Waals surface area contributed by atoms with Gasteiger partial charge >= 0.3 is 0 Å². The highest BCUT2D eigenvalue weighted by Crippen LogP contribution is 2.54. The Hall–Kier alpha value is -3.10. The van der Waals surface area contributed by atoms with Gasteiger partial charge in [0.25, 0.3) is 0 Å². The van der Waals surface area contributed by atoms with Gasteiger partial charge < -0.3 is 10.0 Å². The van der Waals surface area contributed by atoms with Crippen molar-refractivity contribution >= 4 is 16.9 Å². The molecule has 1 unspecified atom stereocenters. The standard InChI is InChI=1S/C28H27NO/c1-28(2)26-17-20(19-30)13-15-24(26)25-16-14-23(18-27(25)28)29(21-9-5-3-6-10-21)22-11-7-4-8-12-22/h3-17,27,30H,18-19H2,1-2H3. The molecule has 2 heteroatoms. The lowest BCUT2D eigenvalue weighted by Crippen LogP contribution is -2.28. The monoisotopic (exact) mass is 393 g/mol. The maximum atomic E-state index is 9.63. The van der Waals surface area contributed by atoms with Crippen LogP contribution < -0.4 is 4.90 Å². The summed E-state index contributed by atoms with van der Waals surface area (Å²) >= 11 is 0. The van der Waals surface area contributed by atoms with Crippen LogP contribution in [0.2, 0.25) is 0 Å². The van der Waals surface area contributed by atoms with Crippen molar-refractivity contribution in [3.8, 4) is 0 Å². The second kappa shape index (κ2) is 7.30. The summed E-state index contributed by atoms with van der Waals surface area (Å²) in [6.07, 6.45) is 5.58. The van der Waals surface area contributed by atoms with Gasteiger partial charge in [0.05, 0.1) is 6.61 Å². The van der Waals surface area contributed by atoms with E-state index in [4.69, 9.17) is 0 Å². The fourth-order valence-electron chi connectivity index (χ4n) is 5.07. The van der Waals surface area contributed by atoms with Crippen molar-refractivity contribution in [1.82, 2.24) is 0 Å². The highest BCUT2D eigenvalue weighted by Gasteiger charge is 2.44. The Morgan fingerprint density at radius 2 is 1.50 bits per heavy atom. The summed E-state index contributed by atoms with van der Waals surface area (Å²) in [6, 6.07) is 27.7. The van der Waals surface area contributed by atoms with Gasteiger partial charge in [-0.1, -0.05) is 74.5 Å². The number of fused-ring (bicyclic) bond motifs is 3. The lowest BCUT2D eigenvalue weighted by Gasteiger charge is -2.36. The Morgan fingerprint density at radius 3 is 2.10 bits per heavy atom. The number of anilines is 2. The van der Waals surface area contributed by atoms with Crippen LogP contribution in [-0.4, -0.2) is 5.11 Å². The quantitative estimate of drug-likeness (QED) is 0.540. The Balaban J connectivity index is 1.60. The van der Waals surface area contributed by atoms with Crippen molar-refractivity contribution in [3.05, 3.63) is 113 Å². The van der Waals surface area contributed by atoms with Gasteiger partial charge in [0.2, 0.25) is 0 Å². The molecule has 0 heterocycles. The third kappa shape index (κ3) is 3.00. The number of aliphatic hydroxyl groups excluding tert-OH is 1. The first-order valence-corrected chi connectivity index (χ1v) is 10.6. The van der Waals surface area contributed by atoms with Crippen molar-refractivity contribution in [1.29, 1.82) is 0 Å². The number of rotatable bonds is 4. The molecule has 0 radical (unpaired) electrons. The van der Waals surface area contributed by atoms with Gasteiger partial charge in [0.15, 0.2) is 0 Å². The fourth-order valence-corrected chi connectivity index (χ4v) is 5.07. The normalized spacial score (nSPS) is 18.8. The molecule has 0 aromatic heterocycles. The summed E-state index contributed by atoms with van der Waals surface area (Å²) in [5.41, 5.74) is 8.79. The third-order valence-corrected chi connectivity index (χ3v) is 6.70. The van der Waals surface area contributed by atoms with Gasteiger partial charge in [-0.2, -0.15) is 0 Å². The molecule has 2 aliphatic carbocycles. The van der Waals surface area contributed by atoms with Gasteiger partial charge in [0.1, 0.15) is 0 Å². The van der Waals surface area contributed by atoms with Crippen LogP contribution in [0.3, 0.4) is 0 Å². The minimum Gasteiger partial charge on any atom is -0.392 e. The van der Waals surface area contributed by atoms with Crippen molar-refractivity contribution in [2.45, 2.75) is 32.3 Å². The first-order valence-electron chi connectivity index (χ1n) is 10.6. The fraction of sp³-hybridized carbons (Fsp3) is 0.214. The average molecular weight is 394 g/mol. The summed E-state index contributed by atoms with van der Waals surface area (Å²) < 4.78 is 0. The van der Waals surface area contributed by atoms with Crippen LogP contribution in [0.25, 0.3) is 5.57 Å². The molecule has 5 rings (SSSR count). The van der Waals surface area contributed by atoms with Crippen molar-refractivity contribution < 1.29 is 5.11 Å². The molecule has 0 saturated heterocycles. The topological polar surface area (TPSA) is 23.5 Å². The number of benzene rings is 3. The van der Waals surface area contributed by atoms with Crippen molar-refractivity contribution in [2.75, 3.05) is 4.90 Å². The van der Waals surface area contributed by atoms with E-state index in [1.165, 1.54) is 33.8 Å². The highest BCUT2D eigenvalue weighted by atomic mass is 16.3. The number of allylic oxidation sites excluding steroid dienone is 4. The Labute approximate surface area is 178 Å². The molecule has 0 fully saturated rings. The van der Waals surface area contributed by atoms with Crippen molar-refractivity contribution in [2.24, 2.45) is 5.92 Å². The Kier molecular flexibility index (Phi) is 4.60. The summed E-state index contributed by atoms with van der Waals surface area (Å²) in [5, 5.41) is 9.63. The van der Waals surface area contributed by atoms with E-state index in [0.29, 0.717) is 5.92 Å². The predicted octanol–water partition coefficient (Wildman–Crippen LogP) is 6.60. The van der Waals surface area contributed by atoms with Crippen LogP contribution in [0.5, 0.6) is 0 Å². The SMILES string of the molecule is CC1(C)c2cc(CO)ccc2C2=CC=C(N(c3ccccc3)c3ccccc3)CC21. The zero-order valence-corrected chi connectivity index (χ0v) is 17.5. The van der Waals surface area contributed by atoms with E-state index >= 15 is 0 Å². The molecule has 0 spiro atoms. The van der Waals surface area contributed by atoms with Gasteiger partial charge in [-0.3, -0.25) is 0 Å². The van der Waals surface area contributed by atoms with Crippen LogP contribution in [0.15, 0.2) is 96.7 Å². The van der Waals surface area contributed by atoms with E-state index in [2.05, 4.69) is 110 Å². The van der Waals surface area contributed by atoms with Gasteiger partial charge in [-0.25, -0.2) is 0 Å². The molecule has 30 heavy (non-hydrogen) atoms. The largest absolute Gasteiger partial charge is 0.392 e. The van der Waals surface area contributed by atoms with Crippen molar-refractivity contribution in [3.63, 3.8) is 0 Å². The highest BCUT2D eigenvalue weighted by molar-refractivity contribution is 5.81. The average Bonchev–Trinajstić information content (AvgIpc) is 3.02. The van der Waals surface area contributed by atoms with E-state index in [-0.39, 0.29) is 12.0 Å². The zero-order valence-electron chi connectivity index (χ0n) is 17.5. The molecule has 150 valence electrons. The molecule has 2 nitrogen and oxygen atoms in total.